The summed E-state index contributed by atoms with van der Waals surface area (Å²) in [7, 11) is 0. The lowest BCUT2D eigenvalue weighted by Crippen LogP contribution is -2.69. The first-order chi connectivity index (χ1) is 17.5. The SMILES string of the molecule is O=C(NCC12CCC3(O1)C1Cc4ccc(O)cc4C3(CCN1Cc1ccccc1)C2)c1ccccc1. The van der Waals surface area contributed by atoms with Crippen LogP contribution < -0.4 is 5.32 Å². The van der Waals surface area contributed by atoms with Gasteiger partial charge in [-0.1, -0.05) is 54.6 Å². The summed E-state index contributed by atoms with van der Waals surface area (Å²) in [5.41, 5.74) is 3.81. The molecule has 3 aromatic rings. The zero-order valence-corrected chi connectivity index (χ0v) is 20.5. The van der Waals surface area contributed by atoms with Gasteiger partial charge in [0.15, 0.2) is 0 Å². The molecule has 7 rings (SSSR count). The minimum absolute atomic E-state index is 0.0476. The van der Waals surface area contributed by atoms with Crippen molar-refractivity contribution in [1.82, 2.24) is 10.2 Å². The predicted molar refractivity (Wildman–Crippen MR) is 138 cm³/mol. The molecule has 1 spiro atoms. The van der Waals surface area contributed by atoms with Crippen LogP contribution in [0.3, 0.4) is 0 Å². The van der Waals surface area contributed by atoms with Crippen molar-refractivity contribution in [2.75, 3.05) is 13.1 Å². The van der Waals surface area contributed by atoms with Crippen molar-refractivity contribution in [3.8, 4) is 5.75 Å². The van der Waals surface area contributed by atoms with Crippen molar-refractivity contribution in [2.24, 2.45) is 0 Å². The first-order valence-corrected chi connectivity index (χ1v) is 13.2. The smallest absolute Gasteiger partial charge is 0.251 e. The standard InChI is InChI=1S/C31H32N2O3/c34-25-12-11-24-17-27-31-14-13-29(36-31,21-32-28(35)23-9-5-2-6-10-23)20-30(31,26(24)18-25)15-16-33(27)19-22-7-3-1-4-8-22/h1-12,18,27,34H,13-17,19-21H2,(H,32,35). The first kappa shape index (κ1) is 22.1. The van der Waals surface area contributed by atoms with E-state index >= 15 is 0 Å². The van der Waals surface area contributed by atoms with E-state index in [1.165, 1.54) is 16.7 Å². The van der Waals surface area contributed by atoms with Gasteiger partial charge in [-0.25, -0.2) is 0 Å². The third-order valence-electron chi connectivity index (χ3n) is 9.45. The molecule has 0 radical (unpaired) electrons. The molecule has 1 amide bonds. The highest BCUT2D eigenvalue weighted by molar-refractivity contribution is 5.94. The fourth-order valence-corrected chi connectivity index (χ4v) is 7.98. The summed E-state index contributed by atoms with van der Waals surface area (Å²) in [6.45, 7) is 2.44. The van der Waals surface area contributed by atoms with Crippen LogP contribution in [0.4, 0.5) is 0 Å². The number of phenols is 1. The molecule has 4 atom stereocenters. The Morgan fingerprint density at radius 1 is 1.00 bits per heavy atom. The third-order valence-corrected chi connectivity index (χ3v) is 9.45. The summed E-state index contributed by atoms with van der Waals surface area (Å²) in [6.07, 6.45) is 4.76. The molecule has 5 nitrogen and oxygen atoms in total. The lowest BCUT2D eigenvalue weighted by atomic mass is 9.50. The quantitative estimate of drug-likeness (QED) is 0.561. The Bertz CT molecular complexity index is 1310. The van der Waals surface area contributed by atoms with Crippen LogP contribution >= 0.6 is 0 Å². The summed E-state index contributed by atoms with van der Waals surface area (Å²) in [5, 5.41) is 13.7. The van der Waals surface area contributed by atoms with Crippen molar-refractivity contribution < 1.29 is 14.6 Å². The van der Waals surface area contributed by atoms with Crippen LogP contribution in [0, 0.1) is 0 Å². The molecule has 0 saturated carbocycles. The number of aromatic hydroxyl groups is 1. The highest BCUT2D eigenvalue weighted by atomic mass is 16.5. The number of nitrogens with zero attached hydrogens (tertiary/aromatic N) is 1. The van der Waals surface area contributed by atoms with Gasteiger partial charge < -0.3 is 15.2 Å². The Morgan fingerprint density at radius 2 is 1.78 bits per heavy atom. The van der Waals surface area contributed by atoms with E-state index in [-0.39, 0.29) is 28.6 Å². The van der Waals surface area contributed by atoms with Gasteiger partial charge >= 0.3 is 0 Å². The Hall–Kier alpha value is -3.15. The molecule has 36 heavy (non-hydrogen) atoms. The second-order valence-electron chi connectivity index (χ2n) is 11.2. The first-order valence-electron chi connectivity index (χ1n) is 13.2. The minimum atomic E-state index is -0.376. The monoisotopic (exact) mass is 480 g/mol. The predicted octanol–water partition coefficient (Wildman–Crippen LogP) is 4.58. The van der Waals surface area contributed by atoms with Gasteiger partial charge in [0.05, 0.1) is 11.2 Å². The number of carbonyl (C=O) groups is 1. The van der Waals surface area contributed by atoms with E-state index in [1.54, 1.807) is 0 Å². The highest BCUT2D eigenvalue weighted by Gasteiger charge is 2.75. The molecule has 184 valence electrons. The Labute approximate surface area is 212 Å². The van der Waals surface area contributed by atoms with Gasteiger partial charge in [-0.05, 0) is 79.6 Å². The van der Waals surface area contributed by atoms with Crippen molar-refractivity contribution in [1.29, 1.82) is 0 Å². The number of ether oxygens (including phenoxy) is 1. The van der Waals surface area contributed by atoms with Crippen molar-refractivity contribution >= 4 is 5.91 Å². The maximum atomic E-state index is 12.9. The Kier molecular flexibility index (Phi) is 4.86. The number of phenolic OH excluding ortho intramolecular Hbond substituents is 1. The summed E-state index contributed by atoms with van der Waals surface area (Å²) < 4.78 is 7.22. The number of hydrogen-bond donors (Lipinski definition) is 2. The van der Waals surface area contributed by atoms with E-state index < -0.39 is 0 Å². The molecule has 5 heteroatoms. The minimum Gasteiger partial charge on any atom is -0.508 e. The largest absolute Gasteiger partial charge is 0.508 e. The summed E-state index contributed by atoms with van der Waals surface area (Å²) >= 11 is 0. The second-order valence-corrected chi connectivity index (χ2v) is 11.2. The number of amides is 1. The zero-order valence-electron chi connectivity index (χ0n) is 20.5. The van der Waals surface area contributed by atoms with E-state index in [0.717, 1.165) is 45.2 Å². The number of likely N-dealkylation sites (tertiary alicyclic amines) is 1. The fraction of sp³-hybridized carbons (Fsp3) is 0.387. The maximum absolute atomic E-state index is 12.9. The summed E-state index contributed by atoms with van der Waals surface area (Å²) in [6, 6.07) is 26.4. The number of hydrogen-bond acceptors (Lipinski definition) is 4. The van der Waals surface area contributed by atoms with E-state index in [9.17, 15) is 9.90 Å². The molecule has 3 saturated heterocycles. The van der Waals surface area contributed by atoms with Gasteiger partial charge in [-0.15, -0.1) is 0 Å². The van der Waals surface area contributed by atoms with Crippen molar-refractivity contribution in [3.63, 3.8) is 0 Å². The van der Waals surface area contributed by atoms with Crippen LogP contribution in [0.2, 0.25) is 0 Å². The summed E-state index contributed by atoms with van der Waals surface area (Å²) in [4.78, 5) is 15.5. The summed E-state index contributed by atoms with van der Waals surface area (Å²) in [5.74, 6) is 0.284. The number of nitrogens with one attached hydrogen (secondary N) is 1. The van der Waals surface area contributed by atoms with Gasteiger partial charge in [0.1, 0.15) is 5.75 Å². The molecule has 3 aromatic carbocycles. The van der Waals surface area contributed by atoms with Crippen LogP contribution in [-0.4, -0.2) is 46.2 Å². The average molecular weight is 481 g/mol. The Morgan fingerprint density at radius 3 is 2.58 bits per heavy atom. The van der Waals surface area contributed by atoms with Gasteiger partial charge in [0.2, 0.25) is 0 Å². The third kappa shape index (κ3) is 3.12. The van der Waals surface area contributed by atoms with Crippen molar-refractivity contribution in [2.45, 2.75) is 61.3 Å². The molecule has 0 aromatic heterocycles. The van der Waals surface area contributed by atoms with Crippen LogP contribution in [0.1, 0.15) is 52.7 Å². The van der Waals surface area contributed by atoms with Crippen molar-refractivity contribution in [3.05, 3.63) is 101 Å². The van der Waals surface area contributed by atoms with E-state index in [2.05, 4.69) is 46.6 Å². The van der Waals surface area contributed by atoms with Gasteiger partial charge in [-0.2, -0.15) is 0 Å². The molecule has 1 aliphatic carbocycles. The molecule has 3 aliphatic heterocycles. The molecular formula is C31H32N2O3. The van der Waals surface area contributed by atoms with E-state index in [4.69, 9.17) is 4.74 Å². The van der Waals surface area contributed by atoms with Crippen LogP contribution in [0.25, 0.3) is 0 Å². The topological polar surface area (TPSA) is 61.8 Å². The molecule has 3 fully saturated rings. The normalized spacial score (nSPS) is 32.1. The fourth-order valence-electron chi connectivity index (χ4n) is 7.98. The average Bonchev–Trinajstić information content (AvgIpc) is 3.43. The number of fused-ring (bicyclic) bond motifs is 2. The van der Waals surface area contributed by atoms with Crippen LogP contribution in [0.5, 0.6) is 5.75 Å². The van der Waals surface area contributed by atoms with E-state index in [0.29, 0.717) is 17.9 Å². The van der Waals surface area contributed by atoms with Crippen LogP contribution in [-0.2, 0) is 23.1 Å². The molecule has 4 unspecified atom stereocenters. The number of carbonyl (C=O) groups excluding carboxylic acids is 1. The van der Waals surface area contributed by atoms with Crippen LogP contribution in [0.15, 0.2) is 78.9 Å². The second kappa shape index (κ2) is 7.92. The van der Waals surface area contributed by atoms with Gasteiger partial charge in [0.25, 0.3) is 5.91 Å². The molecule has 2 N–H and O–H groups in total. The molecular weight excluding hydrogens is 448 g/mol. The molecule has 4 bridgehead atoms. The number of benzene rings is 3. The number of rotatable bonds is 5. The maximum Gasteiger partial charge on any atom is 0.251 e. The zero-order chi connectivity index (χ0) is 24.4. The molecule has 3 heterocycles. The Balaban J connectivity index is 1.24. The molecule has 4 aliphatic rings. The highest BCUT2D eigenvalue weighted by Crippen LogP contribution is 2.69. The lowest BCUT2D eigenvalue weighted by Gasteiger charge is -2.60. The van der Waals surface area contributed by atoms with Gasteiger partial charge in [-0.3, -0.25) is 9.69 Å². The lowest BCUT2D eigenvalue weighted by molar-refractivity contribution is -0.140. The number of piperidine rings is 1. The van der Waals surface area contributed by atoms with Gasteiger partial charge in [0, 0.05) is 30.1 Å². The van der Waals surface area contributed by atoms with E-state index in [1.807, 2.05) is 42.5 Å².